The van der Waals surface area contributed by atoms with Crippen molar-refractivity contribution in [2.24, 2.45) is 53.3 Å². The smallest absolute Gasteiger partial charge is 0.255 e. The second-order valence-corrected chi connectivity index (χ2v) is 18.2. The number of para-hydroxylation sites is 2. The highest BCUT2D eigenvalue weighted by atomic mass is 16.2. The van der Waals surface area contributed by atoms with Gasteiger partial charge in [0.25, 0.3) is 5.91 Å². The molecule has 4 bridgehead atoms. The Labute approximate surface area is 372 Å². The standard InChI is InChI=1S/C25H25N3O3.C25H21N3O3.2CH4/c2*29-23(27-19-5-1-3-14-4-2-12-26-22(14)19)15-8-10-18(11-9-15)28-24(30)20-16-6-7-17(13-16)21(20)25(28)31;;/h1-7,12,15-18,20-21H,8-11,13H2,(H,27,29);1-5,8-12,16-17,20-21H,6-7,13H2,(H,27,29);2*1H4/t15?,16-,17?,18?,20-,21+;16-,17?,20-,21+;;/m11../s1. The molecule has 4 saturated carbocycles. The third kappa shape index (κ3) is 6.98. The van der Waals surface area contributed by atoms with Crippen LogP contribution in [0.5, 0.6) is 0 Å². The van der Waals surface area contributed by atoms with E-state index in [0.29, 0.717) is 54.5 Å². The summed E-state index contributed by atoms with van der Waals surface area (Å²) in [5.41, 5.74) is 3.88. The fraction of sp³-hybridized carbons (Fsp3) is 0.385. The van der Waals surface area contributed by atoms with Crippen LogP contribution in [-0.4, -0.2) is 56.4 Å². The average Bonchev–Trinajstić information content (AvgIpc) is 4.17. The van der Waals surface area contributed by atoms with Crippen LogP contribution >= 0.6 is 0 Å². The van der Waals surface area contributed by atoms with Gasteiger partial charge < -0.3 is 10.6 Å². The van der Waals surface area contributed by atoms with Crippen LogP contribution in [0.25, 0.3) is 21.8 Å². The second-order valence-electron chi connectivity index (χ2n) is 18.2. The maximum atomic E-state index is 13.1. The first kappa shape index (κ1) is 42.7. The Balaban J connectivity index is 0.000000157. The fourth-order valence-electron chi connectivity index (χ4n) is 12.1. The third-order valence-electron chi connectivity index (χ3n) is 15.0. The van der Waals surface area contributed by atoms with Crippen LogP contribution in [-0.2, 0) is 24.0 Å². The summed E-state index contributed by atoms with van der Waals surface area (Å²) in [6.07, 6.45) is 14.5. The SMILES string of the molecule is C.C.O=C(Nc1cccc2cccnc12)C1CCC(N2C(=O)[C@@H]3[C@@H]4C=CC(C4)[C@@H]3C2=O)CC1.O=C(Nc1cccc2cccnc12)c1ccc(N2C(=O)[C@@H]3[C@@H]4CCC(C4)[C@@H]3C2=O)cc1. The molecule has 64 heavy (non-hydrogen) atoms. The van der Waals surface area contributed by atoms with Gasteiger partial charge in [-0.05, 0) is 124 Å². The zero-order chi connectivity index (χ0) is 42.2. The van der Waals surface area contributed by atoms with E-state index in [1.165, 1.54) is 4.90 Å². The lowest BCUT2D eigenvalue weighted by atomic mass is 9.81. The molecule has 7 aliphatic rings. The van der Waals surface area contributed by atoms with Crippen molar-refractivity contribution in [3.63, 3.8) is 0 Å². The molecule has 0 radical (unpaired) electrons. The first-order valence-corrected chi connectivity index (χ1v) is 22.1. The molecule has 3 aromatic carbocycles. The van der Waals surface area contributed by atoms with E-state index >= 15 is 0 Å². The number of hydrogen-bond acceptors (Lipinski definition) is 8. The van der Waals surface area contributed by atoms with Crippen LogP contribution in [0.3, 0.4) is 0 Å². The Hall–Kier alpha value is -6.56. The lowest BCUT2D eigenvalue weighted by Crippen LogP contribution is -2.44. The molecule has 12 nitrogen and oxygen atoms in total. The van der Waals surface area contributed by atoms with E-state index in [1.807, 2.05) is 60.7 Å². The van der Waals surface area contributed by atoms with E-state index in [9.17, 15) is 28.8 Å². The molecule has 2 unspecified atom stereocenters. The molecule has 2 aromatic heterocycles. The molecule has 2 aliphatic heterocycles. The number of imide groups is 2. The normalized spacial score (nSPS) is 29.2. The van der Waals surface area contributed by atoms with Crippen LogP contribution in [0, 0.1) is 53.3 Å². The van der Waals surface area contributed by atoms with Gasteiger partial charge in [0.1, 0.15) is 0 Å². The van der Waals surface area contributed by atoms with Gasteiger partial charge in [-0.1, -0.05) is 63.4 Å². The van der Waals surface area contributed by atoms with Gasteiger partial charge in [0.2, 0.25) is 29.5 Å². The summed E-state index contributed by atoms with van der Waals surface area (Å²) >= 11 is 0. The molecule has 5 aromatic rings. The lowest BCUT2D eigenvalue weighted by Gasteiger charge is -2.33. The minimum absolute atomic E-state index is 0. The summed E-state index contributed by atoms with van der Waals surface area (Å²) in [6, 6.07) is 25.7. The predicted octanol–water partition coefficient (Wildman–Crippen LogP) is 8.83. The van der Waals surface area contributed by atoms with Crippen molar-refractivity contribution in [2.45, 2.75) is 72.3 Å². The monoisotopic (exact) mass is 858 g/mol. The van der Waals surface area contributed by atoms with Crippen molar-refractivity contribution in [1.29, 1.82) is 0 Å². The molecule has 12 rings (SSSR count). The van der Waals surface area contributed by atoms with Crippen LogP contribution in [0.15, 0.2) is 109 Å². The summed E-state index contributed by atoms with van der Waals surface area (Å²) in [5.74, 6) is 0.178. The second kappa shape index (κ2) is 16.9. The van der Waals surface area contributed by atoms with E-state index in [-0.39, 0.29) is 97.8 Å². The van der Waals surface area contributed by atoms with Crippen LogP contribution < -0.4 is 15.5 Å². The summed E-state index contributed by atoms with van der Waals surface area (Å²) in [5, 5.41) is 7.90. The molecule has 2 saturated heterocycles. The lowest BCUT2D eigenvalue weighted by molar-refractivity contribution is -0.144. The molecule has 6 amide bonds. The number of pyridine rings is 2. The third-order valence-corrected chi connectivity index (χ3v) is 15.0. The minimum atomic E-state index is -0.265. The Bertz CT molecular complexity index is 2660. The number of rotatable bonds is 6. The summed E-state index contributed by atoms with van der Waals surface area (Å²) in [4.78, 5) is 89.5. The number of carbonyl (C=O) groups excluding carboxylic acids is 6. The number of hydrogen-bond donors (Lipinski definition) is 2. The van der Waals surface area contributed by atoms with E-state index in [0.717, 1.165) is 53.2 Å². The van der Waals surface area contributed by atoms with Crippen LogP contribution in [0.4, 0.5) is 17.1 Å². The van der Waals surface area contributed by atoms with Crippen molar-refractivity contribution in [1.82, 2.24) is 14.9 Å². The number of benzene rings is 3. The Morgan fingerprint density at radius 2 is 1.06 bits per heavy atom. The van der Waals surface area contributed by atoms with E-state index in [1.54, 1.807) is 41.6 Å². The van der Waals surface area contributed by atoms with Crippen molar-refractivity contribution in [3.05, 3.63) is 115 Å². The van der Waals surface area contributed by atoms with Crippen molar-refractivity contribution < 1.29 is 28.8 Å². The number of aromatic nitrogens is 2. The molecule has 4 heterocycles. The van der Waals surface area contributed by atoms with Gasteiger partial charge in [-0.15, -0.1) is 0 Å². The van der Waals surface area contributed by atoms with Gasteiger partial charge in [0.05, 0.1) is 51.8 Å². The van der Waals surface area contributed by atoms with Crippen LogP contribution in [0.2, 0.25) is 0 Å². The van der Waals surface area contributed by atoms with Gasteiger partial charge in [-0.25, -0.2) is 0 Å². The first-order valence-electron chi connectivity index (χ1n) is 22.1. The number of amides is 6. The van der Waals surface area contributed by atoms with Crippen molar-refractivity contribution in [2.75, 3.05) is 15.5 Å². The van der Waals surface area contributed by atoms with Gasteiger partial charge in [0, 0.05) is 40.7 Å². The topological polar surface area (TPSA) is 159 Å². The fourth-order valence-corrected chi connectivity index (χ4v) is 12.1. The zero-order valence-corrected chi connectivity index (χ0v) is 34.1. The van der Waals surface area contributed by atoms with Gasteiger partial charge in [0.15, 0.2) is 0 Å². The number of likely N-dealkylation sites (tertiary alicyclic amines) is 1. The summed E-state index contributed by atoms with van der Waals surface area (Å²) in [7, 11) is 0. The zero-order valence-electron chi connectivity index (χ0n) is 34.1. The largest absolute Gasteiger partial charge is 0.324 e. The Morgan fingerprint density at radius 3 is 1.61 bits per heavy atom. The van der Waals surface area contributed by atoms with E-state index in [4.69, 9.17) is 0 Å². The van der Waals surface area contributed by atoms with Crippen molar-refractivity contribution in [3.8, 4) is 0 Å². The quantitative estimate of drug-likeness (QED) is 0.127. The number of carbonyl (C=O) groups is 6. The highest BCUT2D eigenvalue weighted by Gasteiger charge is 2.62. The van der Waals surface area contributed by atoms with E-state index < -0.39 is 0 Å². The van der Waals surface area contributed by atoms with E-state index in [2.05, 4.69) is 32.8 Å². The predicted molar refractivity (Wildman–Crippen MR) is 246 cm³/mol. The number of fused-ring (bicyclic) bond motifs is 12. The number of nitrogens with one attached hydrogen (secondary N) is 2. The molecule has 328 valence electrons. The maximum absolute atomic E-state index is 13.1. The highest BCUT2D eigenvalue weighted by molar-refractivity contribution is 6.23. The highest BCUT2D eigenvalue weighted by Crippen LogP contribution is 2.57. The van der Waals surface area contributed by atoms with Gasteiger partial charge in [-0.2, -0.15) is 0 Å². The van der Waals surface area contributed by atoms with Gasteiger partial charge in [-0.3, -0.25) is 48.5 Å². The Morgan fingerprint density at radius 1 is 0.547 bits per heavy atom. The van der Waals surface area contributed by atoms with Crippen LogP contribution in [0.1, 0.15) is 76.6 Å². The average molecular weight is 859 g/mol. The molecule has 0 spiro atoms. The molecule has 12 heteroatoms. The number of allylic oxidation sites excluding steroid dienone is 2. The molecular weight excluding hydrogens is 805 g/mol. The summed E-state index contributed by atoms with van der Waals surface area (Å²) < 4.78 is 0. The molecule has 5 aliphatic carbocycles. The van der Waals surface area contributed by atoms with Gasteiger partial charge >= 0.3 is 0 Å². The molecule has 2 N–H and O–H groups in total. The number of anilines is 3. The molecule has 8 atom stereocenters. The first-order chi connectivity index (χ1) is 30.2. The minimum Gasteiger partial charge on any atom is -0.324 e. The molecular formula is C52H54N6O6. The summed E-state index contributed by atoms with van der Waals surface area (Å²) in [6.45, 7) is 0. The van der Waals surface area contributed by atoms with Crippen molar-refractivity contribution >= 4 is 74.3 Å². The molecule has 6 fully saturated rings. The Kier molecular flexibility index (Phi) is 11.3. The number of nitrogens with zero attached hydrogens (tertiary/aromatic N) is 4. The maximum Gasteiger partial charge on any atom is 0.255 e.